The molecule has 0 aliphatic carbocycles. The Morgan fingerprint density at radius 2 is 0.974 bits per heavy atom. The van der Waals surface area contributed by atoms with Gasteiger partial charge in [0.2, 0.25) is 0 Å². The molecule has 38 heavy (non-hydrogen) atoms. The predicted octanol–water partition coefficient (Wildman–Crippen LogP) is 9.68. The van der Waals surface area contributed by atoms with Crippen LogP contribution in [0.1, 0.15) is 11.3 Å². The van der Waals surface area contributed by atoms with Crippen LogP contribution in [0.3, 0.4) is 0 Å². The first kappa shape index (κ1) is 22.1. The van der Waals surface area contributed by atoms with Crippen LogP contribution in [-0.2, 0) is 0 Å². The van der Waals surface area contributed by atoms with Crippen LogP contribution >= 0.6 is 0 Å². The smallest absolute Gasteiger partial charge is 0.0541 e. The van der Waals surface area contributed by atoms with Crippen molar-refractivity contribution in [1.82, 2.24) is 9.13 Å². The van der Waals surface area contributed by atoms with E-state index in [1.807, 2.05) is 18.2 Å². The highest BCUT2D eigenvalue weighted by molar-refractivity contribution is 6.10. The van der Waals surface area contributed by atoms with Crippen molar-refractivity contribution >= 4 is 44.9 Å². The monoisotopic (exact) mass is 486 g/mol. The summed E-state index contributed by atoms with van der Waals surface area (Å²) in [5, 5.41) is 3.67. The highest BCUT2D eigenvalue weighted by atomic mass is 15.0. The van der Waals surface area contributed by atoms with E-state index >= 15 is 0 Å². The zero-order chi connectivity index (χ0) is 25.6. The molecule has 2 heteroatoms. The van der Waals surface area contributed by atoms with E-state index in [1.54, 1.807) is 0 Å². The fourth-order valence-electron chi connectivity index (χ4n) is 5.79. The molecule has 0 aliphatic heterocycles. The number of benzene rings is 5. The van der Waals surface area contributed by atoms with Crippen molar-refractivity contribution in [3.05, 3.63) is 146 Å². The van der Waals surface area contributed by atoms with Gasteiger partial charge in [-0.25, -0.2) is 0 Å². The molecule has 0 radical (unpaired) electrons. The van der Waals surface area contributed by atoms with Crippen molar-refractivity contribution in [1.29, 1.82) is 0 Å². The molecule has 2 aromatic heterocycles. The summed E-state index contributed by atoms with van der Waals surface area (Å²) in [6.07, 6.45) is 3.87. The predicted molar refractivity (Wildman–Crippen MR) is 163 cm³/mol. The van der Waals surface area contributed by atoms with Crippen LogP contribution in [0.5, 0.6) is 0 Å². The molecule has 180 valence electrons. The SMILES string of the molecule is C=Cc1c(C=C)n(-c2ccccc2)c2ccc(-c3ccc4c(c3)c3ccccc3n4-c3ccccc3)cc12. The first-order valence-electron chi connectivity index (χ1n) is 12.9. The summed E-state index contributed by atoms with van der Waals surface area (Å²) in [5.41, 5.74) is 10.4. The van der Waals surface area contributed by atoms with Gasteiger partial charge in [-0.05, 0) is 71.8 Å². The molecule has 0 amide bonds. The lowest BCUT2D eigenvalue weighted by molar-refractivity contribution is 1.11. The lowest BCUT2D eigenvalue weighted by Crippen LogP contribution is -1.96. The minimum Gasteiger partial charge on any atom is -0.309 e. The lowest BCUT2D eigenvalue weighted by atomic mass is 10.00. The third kappa shape index (κ3) is 3.28. The summed E-state index contributed by atoms with van der Waals surface area (Å²) in [6.45, 7) is 8.26. The number of para-hydroxylation sites is 3. The number of rotatable bonds is 5. The normalized spacial score (nSPS) is 11.4. The third-order valence-electron chi connectivity index (χ3n) is 7.48. The second kappa shape index (κ2) is 8.79. The number of nitrogens with zero attached hydrogens (tertiary/aromatic N) is 2. The van der Waals surface area contributed by atoms with Crippen LogP contribution in [0.15, 0.2) is 134 Å². The van der Waals surface area contributed by atoms with Gasteiger partial charge < -0.3 is 9.13 Å². The zero-order valence-corrected chi connectivity index (χ0v) is 21.0. The maximum Gasteiger partial charge on any atom is 0.0541 e. The Hall–Kier alpha value is -5.08. The van der Waals surface area contributed by atoms with E-state index < -0.39 is 0 Å². The number of fused-ring (bicyclic) bond motifs is 4. The molecule has 5 aromatic carbocycles. The lowest BCUT2D eigenvalue weighted by Gasteiger charge is -2.10. The quantitative estimate of drug-likeness (QED) is 0.229. The maximum absolute atomic E-state index is 4.14. The Bertz CT molecular complexity index is 1990. The van der Waals surface area contributed by atoms with Gasteiger partial charge in [-0.2, -0.15) is 0 Å². The molecule has 7 rings (SSSR count). The molecule has 0 saturated heterocycles. The Morgan fingerprint density at radius 1 is 0.447 bits per heavy atom. The Morgan fingerprint density at radius 3 is 1.61 bits per heavy atom. The van der Waals surface area contributed by atoms with Crippen molar-refractivity contribution in [2.45, 2.75) is 0 Å². The largest absolute Gasteiger partial charge is 0.309 e. The molecular weight excluding hydrogens is 460 g/mol. The molecule has 0 atom stereocenters. The van der Waals surface area contributed by atoms with Gasteiger partial charge in [-0.15, -0.1) is 0 Å². The first-order valence-corrected chi connectivity index (χ1v) is 12.9. The Labute approximate surface area is 222 Å². The average Bonchev–Trinajstić information content (AvgIpc) is 3.49. The number of aromatic nitrogens is 2. The Balaban J connectivity index is 1.46. The summed E-state index contributed by atoms with van der Waals surface area (Å²) in [7, 11) is 0. The highest BCUT2D eigenvalue weighted by Gasteiger charge is 2.17. The van der Waals surface area contributed by atoms with E-state index in [0.717, 1.165) is 22.5 Å². The van der Waals surface area contributed by atoms with Crippen LogP contribution in [0.25, 0.3) is 67.4 Å². The molecule has 0 fully saturated rings. The average molecular weight is 487 g/mol. The van der Waals surface area contributed by atoms with E-state index in [-0.39, 0.29) is 0 Å². The van der Waals surface area contributed by atoms with Crippen LogP contribution < -0.4 is 0 Å². The van der Waals surface area contributed by atoms with E-state index in [0.29, 0.717) is 0 Å². The molecular formula is C36H26N2. The molecule has 0 spiro atoms. The topological polar surface area (TPSA) is 9.86 Å². The van der Waals surface area contributed by atoms with Gasteiger partial charge >= 0.3 is 0 Å². The zero-order valence-electron chi connectivity index (χ0n) is 21.0. The van der Waals surface area contributed by atoms with Crippen molar-refractivity contribution in [3.63, 3.8) is 0 Å². The van der Waals surface area contributed by atoms with E-state index in [1.165, 1.54) is 44.0 Å². The van der Waals surface area contributed by atoms with Crippen molar-refractivity contribution in [3.8, 4) is 22.5 Å². The highest BCUT2D eigenvalue weighted by Crippen LogP contribution is 2.37. The Kier molecular flexibility index (Phi) is 5.12. The van der Waals surface area contributed by atoms with Gasteiger partial charge in [0.15, 0.2) is 0 Å². The molecule has 0 aliphatic rings. The third-order valence-corrected chi connectivity index (χ3v) is 7.48. The second-order valence-corrected chi connectivity index (χ2v) is 9.53. The van der Waals surface area contributed by atoms with Crippen LogP contribution in [0.2, 0.25) is 0 Å². The van der Waals surface area contributed by atoms with Gasteiger partial charge in [-0.1, -0.05) is 86.0 Å². The van der Waals surface area contributed by atoms with Crippen molar-refractivity contribution < 1.29 is 0 Å². The molecule has 0 saturated carbocycles. The van der Waals surface area contributed by atoms with Gasteiger partial charge in [0.1, 0.15) is 0 Å². The van der Waals surface area contributed by atoms with Gasteiger partial charge in [0, 0.05) is 33.1 Å². The summed E-state index contributed by atoms with van der Waals surface area (Å²) in [4.78, 5) is 0. The van der Waals surface area contributed by atoms with Crippen LogP contribution in [-0.4, -0.2) is 9.13 Å². The summed E-state index contributed by atoms with van der Waals surface area (Å²) in [6, 6.07) is 43.2. The molecule has 2 heterocycles. The molecule has 0 unspecified atom stereocenters. The fourth-order valence-corrected chi connectivity index (χ4v) is 5.79. The minimum absolute atomic E-state index is 1.06. The standard InChI is InChI=1S/C36H26N2/c1-3-29-31-23-25(19-21-35(31)37(33(29)4-2)27-13-7-5-8-14-27)26-20-22-36-32(24-26)30-17-11-12-18-34(30)38(36)28-15-9-6-10-16-28/h3-24H,1-2H2. The van der Waals surface area contributed by atoms with Crippen molar-refractivity contribution in [2.24, 2.45) is 0 Å². The summed E-state index contributed by atoms with van der Waals surface area (Å²) < 4.78 is 4.61. The number of hydrogen-bond donors (Lipinski definition) is 0. The van der Waals surface area contributed by atoms with Crippen molar-refractivity contribution in [2.75, 3.05) is 0 Å². The molecule has 2 nitrogen and oxygen atoms in total. The van der Waals surface area contributed by atoms with Crippen LogP contribution in [0, 0.1) is 0 Å². The summed E-state index contributed by atoms with van der Waals surface area (Å²) in [5.74, 6) is 0. The van der Waals surface area contributed by atoms with Gasteiger partial charge in [0.25, 0.3) is 0 Å². The second-order valence-electron chi connectivity index (χ2n) is 9.53. The fraction of sp³-hybridized carbons (Fsp3) is 0. The first-order chi connectivity index (χ1) is 18.8. The maximum atomic E-state index is 4.14. The van der Waals surface area contributed by atoms with E-state index in [2.05, 4.69) is 138 Å². The van der Waals surface area contributed by atoms with Crippen LogP contribution in [0.4, 0.5) is 0 Å². The summed E-state index contributed by atoms with van der Waals surface area (Å²) >= 11 is 0. The van der Waals surface area contributed by atoms with E-state index in [9.17, 15) is 0 Å². The molecule has 0 bridgehead atoms. The molecule has 7 aromatic rings. The molecule has 0 N–H and O–H groups in total. The number of hydrogen-bond acceptors (Lipinski definition) is 0. The van der Waals surface area contributed by atoms with E-state index in [4.69, 9.17) is 0 Å². The minimum atomic E-state index is 1.06. The van der Waals surface area contributed by atoms with Gasteiger partial charge in [0.05, 0.1) is 22.2 Å². The van der Waals surface area contributed by atoms with Gasteiger partial charge in [-0.3, -0.25) is 0 Å².